The highest BCUT2D eigenvalue weighted by Gasteiger charge is 2.18. The normalized spacial score (nSPS) is 15.3. The maximum absolute atomic E-state index is 12.5. The number of rotatable bonds is 7. The Labute approximate surface area is 176 Å². The van der Waals surface area contributed by atoms with E-state index in [-0.39, 0.29) is 11.4 Å². The number of hydrogen-bond acceptors (Lipinski definition) is 7. The summed E-state index contributed by atoms with van der Waals surface area (Å²) in [5.41, 5.74) is 0.716. The Kier molecular flexibility index (Phi) is 6.14. The lowest BCUT2D eigenvalue weighted by atomic mass is 10.2. The van der Waals surface area contributed by atoms with Crippen LogP contribution >= 0.6 is 0 Å². The van der Waals surface area contributed by atoms with Gasteiger partial charge >= 0.3 is 0 Å². The summed E-state index contributed by atoms with van der Waals surface area (Å²) in [6.45, 7) is 2.54. The SMILES string of the molecule is COc1ccc(S(=O)(=O)NCCn2ncc3c(N4CCCCCC4)ncnc32)cc1. The molecule has 1 fully saturated rings. The van der Waals surface area contributed by atoms with Gasteiger partial charge in [0.05, 0.1) is 30.1 Å². The van der Waals surface area contributed by atoms with Crippen LogP contribution in [0.25, 0.3) is 11.0 Å². The van der Waals surface area contributed by atoms with Crippen molar-refractivity contribution in [1.82, 2.24) is 24.5 Å². The van der Waals surface area contributed by atoms with E-state index in [9.17, 15) is 8.42 Å². The second kappa shape index (κ2) is 8.97. The Hall–Kier alpha value is -2.72. The van der Waals surface area contributed by atoms with Crippen molar-refractivity contribution < 1.29 is 13.2 Å². The molecule has 4 rings (SSSR count). The first-order valence-corrected chi connectivity index (χ1v) is 11.6. The summed E-state index contributed by atoms with van der Waals surface area (Å²) in [5.74, 6) is 1.52. The molecule has 2 aromatic heterocycles. The third-order valence-corrected chi connectivity index (χ3v) is 6.78. The second-order valence-corrected chi connectivity index (χ2v) is 9.04. The molecule has 3 heterocycles. The third kappa shape index (κ3) is 4.39. The van der Waals surface area contributed by atoms with Crippen molar-refractivity contribution in [2.24, 2.45) is 0 Å². The first kappa shape index (κ1) is 20.5. The average Bonchev–Trinajstić information content (AvgIpc) is 2.98. The number of ether oxygens (including phenoxy) is 1. The first-order chi connectivity index (χ1) is 14.6. The molecular formula is C20H26N6O3S. The Morgan fingerprint density at radius 1 is 1.07 bits per heavy atom. The van der Waals surface area contributed by atoms with Crippen LogP contribution in [0.4, 0.5) is 5.82 Å². The zero-order valence-electron chi connectivity index (χ0n) is 17.0. The number of nitrogens with zero attached hydrogens (tertiary/aromatic N) is 5. The standard InChI is InChI=1S/C20H26N6O3S/c1-29-16-6-8-17(9-7-16)30(27,28)24-10-13-26-20-18(14-23-26)19(21-15-22-20)25-11-4-2-3-5-12-25/h6-9,14-15,24H,2-5,10-13H2,1H3. The van der Waals surface area contributed by atoms with Crippen LogP contribution in [0.3, 0.4) is 0 Å². The smallest absolute Gasteiger partial charge is 0.240 e. The van der Waals surface area contributed by atoms with Crippen LogP contribution in [0, 0.1) is 0 Å². The summed E-state index contributed by atoms with van der Waals surface area (Å²) >= 11 is 0. The van der Waals surface area contributed by atoms with Gasteiger partial charge < -0.3 is 9.64 Å². The van der Waals surface area contributed by atoms with Crippen molar-refractivity contribution in [3.8, 4) is 5.75 Å². The van der Waals surface area contributed by atoms with E-state index in [1.807, 2.05) is 0 Å². The summed E-state index contributed by atoms with van der Waals surface area (Å²) in [6, 6.07) is 6.28. The third-order valence-electron chi connectivity index (χ3n) is 5.30. The molecule has 3 aromatic rings. The van der Waals surface area contributed by atoms with Crippen molar-refractivity contribution in [3.63, 3.8) is 0 Å². The molecule has 0 unspecified atom stereocenters. The van der Waals surface area contributed by atoms with E-state index in [0.29, 0.717) is 17.9 Å². The van der Waals surface area contributed by atoms with Gasteiger partial charge in [-0.05, 0) is 37.1 Å². The minimum atomic E-state index is -3.61. The van der Waals surface area contributed by atoms with Gasteiger partial charge in [0.25, 0.3) is 0 Å². The Balaban J connectivity index is 1.46. The molecule has 1 aliphatic heterocycles. The van der Waals surface area contributed by atoms with Gasteiger partial charge in [0.15, 0.2) is 5.65 Å². The molecule has 0 bridgehead atoms. The van der Waals surface area contributed by atoms with E-state index in [1.54, 1.807) is 29.3 Å². The van der Waals surface area contributed by atoms with Crippen LogP contribution in [0.5, 0.6) is 5.75 Å². The molecule has 30 heavy (non-hydrogen) atoms. The van der Waals surface area contributed by atoms with Gasteiger partial charge in [-0.1, -0.05) is 12.8 Å². The number of hydrogen-bond donors (Lipinski definition) is 1. The molecule has 1 saturated heterocycles. The van der Waals surface area contributed by atoms with Crippen LogP contribution in [0.2, 0.25) is 0 Å². The topological polar surface area (TPSA) is 102 Å². The van der Waals surface area contributed by atoms with Crippen LogP contribution < -0.4 is 14.4 Å². The maximum atomic E-state index is 12.5. The number of anilines is 1. The number of methoxy groups -OCH3 is 1. The van der Waals surface area contributed by atoms with Gasteiger partial charge in [0, 0.05) is 19.6 Å². The predicted molar refractivity (Wildman–Crippen MR) is 114 cm³/mol. The molecule has 160 valence electrons. The minimum absolute atomic E-state index is 0.194. The fourth-order valence-corrected chi connectivity index (χ4v) is 4.72. The molecule has 1 aliphatic rings. The number of nitrogens with one attached hydrogen (secondary N) is 1. The first-order valence-electron chi connectivity index (χ1n) is 10.1. The lowest BCUT2D eigenvalue weighted by Crippen LogP contribution is -2.28. The zero-order chi connectivity index (χ0) is 21.0. The Morgan fingerprint density at radius 3 is 2.50 bits per heavy atom. The highest BCUT2D eigenvalue weighted by molar-refractivity contribution is 7.89. The van der Waals surface area contributed by atoms with Crippen molar-refractivity contribution in [2.75, 3.05) is 31.6 Å². The highest BCUT2D eigenvalue weighted by Crippen LogP contribution is 2.25. The number of sulfonamides is 1. The summed E-state index contributed by atoms with van der Waals surface area (Å²) in [7, 11) is -2.07. The van der Waals surface area contributed by atoms with E-state index in [4.69, 9.17) is 4.74 Å². The highest BCUT2D eigenvalue weighted by atomic mass is 32.2. The van der Waals surface area contributed by atoms with Crippen LogP contribution in [0.15, 0.2) is 41.7 Å². The summed E-state index contributed by atoms with van der Waals surface area (Å²) in [5, 5.41) is 5.33. The minimum Gasteiger partial charge on any atom is -0.497 e. The number of fused-ring (bicyclic) bond motifs is 1. The molecule has 0 amide bonds. The lowest BCUT2D eigenvalue weighted by Gasteiger charge is -2.21. The zero-order valence-corrected chi connectivity index (χ0v) is 17.8. The molecule has 1 aromatic carbocycles. The molecule has 1 N–H and O–H groups in total. The maximum Gasteiger partial charge on any atom is 0.240 e. The van der Waals surface area contributed by atoms with Crippen molar-refractivity contribution >= 4 is 26.9 Å². The number of benzene rings is 1. The fourth-order valence-electron chi connectivity index (χ4n) is 3.70. The van der Waals surface area contributed by atoms with Crippen molar-refractivity contribution in [1.29, 1.82) is 0 Å². The summed E-state index contributed by atoms with van der Waals surface area (Å²) < 4.78 is 34.4. The average molecular weight is 431 g/mol. The van der Waals surface area contributed by atoms with Crippen LogP contribution in [0.1, 0.15) is 25.7 Å². The molecule has 0 atom stereocenters. The molecule has 0 aliphatic carbocycles. The van der Waals surface area contributed by atoms with Crippen molar-refractivity contribution in [3.05, 3.63) is 36.8 Å². The van der Waals surface area contributed by atoms with Gasteiger partial charge in [-0.3, -0.25) is 0 Å². The summed E-state index contributed by atoms with van der Waals surface area (Å²) in [4.78, 5) is 11.4. The van der Waals surface area contributed by atoms with Crippen molar-refractivity contribution in [2.45, 2.75) is 37.1 Å². The monoisotopic (exact) mass is 430 g/mol. The van der Waals surface area contributed by atoms with E-state index in [1.165, 1.54) is 32.1 Å². The largest absolute Gasteiger partial charge is 0.497 e. The molecule has 9 nitrogen and oxygen atoms in total. The van der Waals surface area contributed by atoms with Crippen LogP contribution in [-0.4, -0.2) is 54.9 Å². The second-order valence-electron chi connectivity index (χ2n) is 7.28. The van der Waals surface area contributed by atoms with Gasteiger partial charge in [0.1, 0.15) is 17.9 Å². The molecule has 0 saturated carbocycles. The van der Waals surface area contributed by atoms with E-state index >= 15 is 0 Å². The lowest BCUT2D eigenvalue weighted by molar-refractivity contribution is 0.414. The fraction of sp³-hybridized carbons (Fsp3) is 0.450. The quantitative estimate of drug-likeness (QED) is 0.613. The van der Waals surface area contributed by atoms with E-state index in [0.717, 1.165) is 37.1 Å². The van der Waals surface area contributed by atoms with Gasteiger partial charge in [0.2, 0.25) is 10.0 Å². The van der Waals surface area contributed by atoms with Gasteiger partial charge in [-0.15, -0.1) is 0 Å². The molecule has 0 radical (unpaired) electrons. The molecule has 10 heteroatoms. The molecular weight excluding hydrogens is 404 g/mol. The van der Waals surface area contributed by atoms with E-state index < -0.39 is 10.0 Å². The van der Waals surface area contributed by atoms with Gasteiger partial charge in [-0.2, -0.15) is 5.10 Å². The van der Waals surface area contributed by atoms with Gasteiger partial charge in [-0.25, -0.2) is 27.8 Å². The Morgan fingerprint density at radius 2 is 1.80 bits per heavy atom. The molecule has 0 spiro atoms. The summed E-state index contributed by atoms with van der Waals surface area (Å²) in [6.07, 6.45) is 8.14. The Bertz CT molecular complexity index is 1090. The number of aromatic nitrogens is 4. The predicted octanol–water partition coefficient (Wildman–Crippen LogP) is 2.19. The van der Waals surface area contributed by atoms with Crippen LogP contribution in [-0.2, 0) is 16.6 Å². The van der Waals surface area contributed by atoms with E-state index in [2.05, 4.69) is 24.7 Å².